The summed E-state index contributed by atoms with van der Waals surface area (Å²) in [6.45, 7) is 3.92. The van der Waals surface area contributed by atoms with Gasteiger partial charge in [0.1, 0.15) is 6.04 Å². The molecular formula is C22H28N3O3S+. The minimum atomic E-state index is -3.49. The molecule has 154 valence electrons. The first-order valence-electron chi connectivity index (χ1n) is 9.85. The average molecular weight is 415 g/mol. The Labute approximate surface area is 172 Å². The molecule has 0 spiro atoms. The van der Waals surface area contributed by atoms with Crippen molar-refractivity contribution in [3.05, 3.63) is 77.2 Å². The minimum Gasteiger partial charge on any atom is -0.335 e. The monoisotopic (exact) mass is 414 g/mol. The third-order valence-corrected chi connectivity index (χ3v) is 6.72. The summed E-state index contributed by atoms with van der Waals surface area (Å²) in [6.07, 6.45) is 1.60. The van der Waals surface area contributed by atoms with Gasteiger partial charge < -0.3 is 10.2 Å². The molecule has 0 unspecified atom stereocenters. The topological polar surface area (TPSA) is 74.3 Å². The second kappa shape index (κ2) is 9.82. The van der Waals surface area contributed by atoms with E-state index in [1.54, 1.807) is 11.0 Å². The molecule has 1 saturated heterocycles. The molecule has 6 nitrogen and oxygen atoms in total. The van der Waals surface area contributed by atoms with Crippen molar-refractivity contribution in [1.29, 1.82) is 0 Å². The molecule has 7 heteroatoms. The summed E-state index contributed by atoms with van der Waals surface area (Å²) in [4.78, 5) is 14.3. The lowest BCUT2D eigenvalue weighted by molar-refractivity contribution is -0.683. The fraction of sp³-hybridized carbons (Fsp3) is 0.318. The first-order chi connectivity index (χ1) is 14.0. The minimum absolute atomic E-state index is 0.0460. The highest BCUT2D eigenvalue weighted by atomic mass is 32.2. The van der Waals surface area contributed by atoms with Crippen LogP contribution in [0.5, 0.6) is 0 Å². The zero-order valence-corrected chi connectivity index (χ0v) is 17.5. The van der Waals surface area contributed by atoms with Crippen LogP contribution in [0.15, 0.2) is 66.1 Å². The Balaban J connectivity index is 1.48. The Morgan fingerprint density at radius 3 is 2.21 bits per heavy atom. The molecule has 0 radical (unpaired) electrons. The van der Waals surface area contributed by atoms with Gasteiger partial charge in [-0.3, -0.25) is 4.79 Å². The van der Waals surface area contributed by atoms with Crippen molar-refractivity contribution < 1.29 is 18.5 Å². The summed E-state index contributed by atoms with van der Waals surface area (Å²) in [7, 11) is -3.49. The van der Waals surface area contributed by atoms with Gasteiger partial charge in [0.2, 0.25) is 10.0 Å². The van der Waals surface area contributed by atoms with Crippen LogP contribution in [0, 0.1) is 0 Å². The number of carbonyl (C=O) groups is 1. The zero-order valence-electron chi connectivity index (χ0n) is 16.6. The summed E-state index contributed by atoms with van der Waals surface area (Å²) in [6, 6.07) is 19.6. The van der Waals surface area contributed by atoms with Gasteiger partial charge in [-0.2, -0.15) is 4.31 Å². The van der Waals surface area contributed by atoms with Crippen LogP contribution in [0.4, 0.5) is 0 Å². The molecule has 29 heavy (non-hydrogen) atoms. The number of sulfonamides is 1. The fourth-order valence-electron chi connectivity index (χ4n) is 3.31. The number of amides is 1. The van der Waals surface area contributed by atoms with Gasteiger partial charge in [0.05, 0.1) is 0 Å². The van der Waals surface area contributed by atoms with E-state index >= 15 is 0 Å². The second-order valence-electron chi connectivity index (χ2n) is 7.18. The van der Waals surface area contributed by atoms with E-state index in [1.807, 2.05) is 53.8 Å². The van der Waals surface area contributed by atoms with Crippen molar-refractivity contribution in [3.63, 3.8) is 0 Å². The molecule has 1 aliphatic rings. The van der Waals surface area contributed by atoms with Crippen LogP contribution in [0.2, 0.25) is 0 Å². The Kier molecular flexibility index (Phi) is 7.19. The van der Waals surface area contributed by atoms with Crippen molar-refractivity contribution in [2.24, 2.45) is 0 Å². The molecule has 2 aromatic carbocycles. The van der Waals surface area contributed by atoms with Crippen molar-refractivity contribution >= 4 is 22.0 Å². The molecule has 3 rings (SSSR count). The maximum Gasteiger partial charge on any atom is 0.277 e. The van der Waals surface area contributed by atoms with E-state index in [0.29, 0.717) is 32.7 Å². The summed E-state index contributed by atoms with van der Waals surface area (Å²) >= 11 is 0. The summed E-state index contributed by atoms with van der Waals surface area (Å²) in [5, 5.41) is 3.26. The maximum atomic E-state index is 12.5. The van der Waals surface area contributed by atoms with Crippen molar-refractivity contribution in [2.75, 3.05) is 32.7 Å². The number of carbonyl (C=O) groups excluding carboxylic acids is 1. The predicted octanol–water partition coefficient (Wildman–Crippen LogP) is 1.46. The smallest absolute Gasteiger partial charge is 0.277 e. The number of nitrogens with two attached hydrogens (primary N) is 1. The predicted molar refractivity (Wildman–Crippen MR) is 114 cm³/mol. The summed E-state index contributed by atoms with van der Waals surface area (Å²) < 4.78 is 26.5. The lowest BCUT2D eigenvalue weighted by atomic mass is 10.1. The number of hydrogen-bond acceptors (Lipinski definition) is 3. The third-order valence-electron chi connectivity index (χ3n) is 5.15. The molecule has 1 heterocycles. The summed E-state index contributed by atoms with van der Waals surface area (Å²) in [5.41, 5.74) is 2.02. The van der Waals surface area contributed by atoms with Crippen LogP contribution < -0.4 is 5.32 Å². The van der Waals surface area contributed by atoms with Gasteiger partial charge in [0.25, 0.3) is 5.91 Å². The van der Waals surface area contributed by atoms with E-state index in [9.17, 15) is 13.2 Å². The molecule has 2 N–H and O–H groups in total. The normalized spacial score (nSPS) is 16.8. The number of hydrogen-bond donors (Lipinski definition) is 1. The zero-order chi connectivity index (χ0) is 20.7. The second-order valence-corrected chi connectivity index (χ2v) is 9.00. The van der Waals surface area contributed by atoms with E-state index in [-0.39, 0.29) is 11.9 Å². The molecule has 1 atom stereocenters. The molecule has 1 fully saturated rings. The van der Waals surface area contributed by atoms with Crippen molar-refractivity contribution in [1.82, 2.24) is 9.21 Å². The summed E-state index contributed by atoms with van der Waals surface area (Å²) in [5.74, 6) is 0.0460. The van der Waals surface area contributed by atoms with E-state index in [0.717, 1.165) is 5.56 Å². The number of benzene rings is 2. The van der Waals surface area contributed by atoms with Crippen LogP contribution in [-0.4, -0.2) is 56.3 Å². The van der Waals surface area contributed by atoms with E-state index in [1.165, 1.54) is 15.3 Å². The van der Waals surface area contributed by atoms with Crippen LogP contribution in [-0.2, 0) is 14.8 Å². The quantitative estimate of drug-likeness (QED) is 0.745. The maximum absolute atomic E-state index is 12.5. The number of rotatable bonds is 7. The molecule has 1 amide bonds. The Morgan fingerprint density at radius 2 is 1.59 bits per heavy atom. The number of quaternary nitrogens is 1. The van der Waals surface area contributed by atoms with E-state index in [2.05, 4.69) is 19.1 Å². The highest BCUT2D eigenvalue weighted by molar-refractivity contribution is 7.92. The Bertz CT molecular complexity index is 922. The molecule has 0 saturated carbocycles. The van der Waals surface area contributed by atoms with E-state index < -0.39 is 10.0 Å². The first kappa shape index (κ1) is 21.2. The van der Waals surface area contributed by atoms with Gasteiger partial charge in [-0.15, -0.1) is 0 Å². The molecular weight excluding hydrogens is 386 g/mol. The van der Waals surface area contributed by atoms with Gasteiger partial charge >= 0.3 is 0 Å². The van der Waals surface area contributed by atoms with Gasteiger partial charge in [-0.1, -0.05) is 60.7 Å². The van der Waals surface area contributed by atoms with Gasteiger partial charge in [-0.05, 0) is 18.6 Å². The van der Waals surface area contributed by atoms with Gasteiger partial charge in [0.15, 0.2) is 6.54 Å². The Morgan fingerprint density at radius 1 is 1.00 bits per heavy atom. The van der Waals surface area contributed by atoms with Crippen LogP contribution in [0.1, 0.15) is 24.1 Å². The largest absolute Gasteiger partial charge is 0.335 e. The first-order valence-corrected chi connectivity index (χ1v) is 11.4. The third kappa shape index (κ3) is 6.00. The van der Waals surface area contributed by atoms with Gasteiger partial charge in [0, 0.05) is 37.2 Å². The lowest BCUT2D eigenvalue weighted by Crippen LogP contribution is -2.87. The molecule has 2 aromatic rings. The molecule has 0 bridgehead atoms. The molecule has 1 aliphatic heterocycles. The fourth-order valence-corrected chi connectivity index (χ4v) is 4.48. The Hall–Kier alpha value is -2.48. The average Bonchev–Trinajstić information content (AvgIpc) is 2.77. The highest BCUT2D eigenvalue weighted by Gasteiger charge is 2.28. The van der Waals surface area contributed by atoms with Crippen LogP contribution in [0.25, 0.3) is 6.08 Å². The lowest BCUT2D eigenvalue weighted by Gasteiger charge is -2.33. The standard InChI is InChI=1S/C22H27N3O3S/c1-19(21-10-6-3-7-11-21)23-18-22(26)24-13-15-25(16-14-24)29(27,28)17-12-20-8-4-2-5-9-20/h2-12,17,19,23H,13-16,18H2,1H3/p+1/b17-12+/t19-/m1/s1. The number of piperazine rings is 1. The van der Waals surface area contributed by atoms with Gasteiger partial charge in [-0.25, -0.2) is 8.42 Å². The van der Waals surface area contributed by atoms with E-state index in [4.69, 9.17) is 0 Å². The number of nitrogens with zero attached hydrogens (tertiary/aromatic N) is 2. The van der Waals surface area contributed by atoms with Crippen molar-refractivity contribution in [2.45, 2.75) is 13.0 Å². The van der Waals surface area contributed by atoms with Crippen LogP contribution >= 0.6 is 0 Å². The SMILES string of the molecule is C[C@@H]([NH2+]CC(=O)N1CCN(S(=O)(=O)/C=C/c2ccccc2)CC1)c1ccccc1. The highest BCUT2D eigenvalue weighted by Crippen LogP contribution is 2.12. The molecule has 0 aromatic heterocycles. The van der Waals surface area contributed by atoms with Crippen molar-refractivity contribution in [3.8, 4) is 0 Å². The van der Waals surface area contributed by atoms with Crippen LogP contribution in [0.3, 0.4) is 0 Å². The molecule has 0 aliphatic carbocycles.